The number of hydrogen-bond acceptors (Lipinski definition) is 4. The molecule has 6 nitrogen and oxygen atoms in total. The molecule has 0 N–H and O–H groups in total. The van der Waals surface area contributed by atoms with E-state index in [0.717, 1.165) is 22.3 Å². The number of ether oxygens (including phenoxy) is 1. The first-order valence-electron chi connectivity index (χ1n) is 9.92. The second kappa shape index (κ2) is 8.78. The normalized spacial score (nSPS) is 10.9. The summed E-state index contributed by atoms with van der Waals surface area (Å²) in [4.78, 5) is 14.4. The predicted octanol–water partition coefficient (Wildman–Crippen LogP) is 3.94. The van der Waals surface area contributed by atoms with Gasteiger partial charge >= 0.3 is 0 Å². The number of hydrogen-bond donors (Lipinski definition) is 0. The largest absolute Gasteiger partial charge is 0.492 e. The molecule has 30 heavy (non-hydrogen) atoms. The average molecular weight is 400 g/mol. The molecule has 0 atom stereocenters. The van der Waals surface area contributed by atoms with Gasteiger partial charge in [0, 0.05) is 12.6 Å². The molecule has 0 aliphatic heterocycles. The Balaban J connectivity index is 1.33. The molecule has 0 spiro atoms. The lowest BCUT2D eigenvalue weighted by molar-refractivity contribution is 0.0774. The Bertz CT molecular complexity index is 1130. The number of amides is 1. The summed E-state index contributed by atoms with van der Waals surface area (Å²) in [6, 6.07) is 23.4. The van der Waals surface area contributed by atoms with E-state index in [-0.39, 0.29) is 5.91 Å². The van der Waals surface area contributed by atoms with E-state index in [1.54, 1.807) is 11.9 Å². The van der Waals surface area contributed by atoms with E-state index >= 15 is 0 Å². The minimum Gasteiger partial charge on any atom is -0.492 e. The van der Waals surface area contributed by atoms with Gasteiger partial charge in [-0.05, 0) is 48.9 Å². The summed E-state index contributed by atoms with van der Waals surface area (Å²) < 4.78 is 7.58. The molecule has 1 aromatic heterocycles. The molecule has 0 saturated carbocycles. The quantitative estimate of drug-likeness (QED) is 0.471. The van der Waals surface area contributed by atoms with Crippen molar-refractivity contribution in [2.24, 2.45) is 0 Å². The van der Waals surface area contributed by atoms with Crippen LogP contribution >= 0.6 is 0 Å². The smallest absolute Gasteiger partial charge is 0.253 e. The minimum absolute atomic E-state index is 0.0275. The Morgan fingerprint density at radius 3 is 2.50 bits per heavy atom. The van der Waals surface area contributed by atoms with Crippen molar-refractivity contribution in [2.45, 2.75) is 13.5 Å². The molecule has 0 unspecified atom stereocenters. The fraction of sp³-hybridized carbons (Fsp3) is 0.208. The molecule has 6 heteroatoms. The number of aryl methyl sites for hydroxylation is 1. The standard InChI is InChI=1S/C24H24N4O2/c1-18-7-13-21(14-8-18)30-16-15-27(2)24(29)20-11-9-19(10-12-20)17-28-23-6-4-3-5-22(23)25-26-28/h3-14H,15-17H2,1-2H3. The van der Waals surface area contributed by atoms with Crippen molar-refractivity contribution < 1.29 is 9.53 Å². The Morgan fingerprint density at radius 1 is 1.00 bits per heavy atom. The Hall–Kier alpha value is -3.67. The van der Waals surface area contributed by atoms with Crippen molar-refractivity contribution in [1.82, 2.24) is 19.9 Å². The van der Waals surface area contributed by atoms with Crippen molar-refractivity contribution in [3.63, 3.8) is 0 Å². The molecule has 3 aromatic carbocycles. The van der Waals surface area contributed by atoms with Crippen molar-refractivity contribution in [2.75, 3.05) is 20.2 Å². The maximum atomic E-state index is 12.7. The van der Waals surface area contributed by atoms with E-state index in [1.165, 1.54) is 5.56 Å². The lowest BCUT2D eigenvalue weighted by Gasteiger charge is -2.18. The molecule has 4 aromatic rings. The molecule has 152 valence electrons. The zero-order chi connectivity index (χ0) is 20.9. The lowest BCUT2D eigenvalue weighted by Crippen LogP contribution is -2.30. The number of para-hydroxylation sites is 1. The van der Waals surface area contributed by atoms with Crippen LogP contribution in [0.25, 0.3) is 11.0 Å². The SMILES string of the molecule is Cc1ccc(OCCN(C)C(=O)c2ccc(Cn3nnc4ccccc43)cc2)cc1. The fourth-order valence-electron chi connectivity index (χ4n) is 3.22. The van der Waals surface area contributed by atoms with Crippen LogP contribution < -0.4 is 4.74 Å². The number of benzene rings is 3. The van der Waals surface area contributed by atoms with Gasteiger partial charge in [-0.25, -0.2) is 4.68 Å². The minimum atomic E-state index is -0.0275. The molecule has 0 saturated heterocycles. The van der Waals surface area contributed by atoms with Crippen LogP contribution in [0.5, 0.6) is 5.75 Å². The third kappa shape index (κ3) is 4.49. The molecular formula is C24H24N4O2. The van der Waals surface area contributed by atoms with Crippen LogP contribution in [-0.4, -0.2) is 46.0 Å². The summed E-state index contributed by atoms with van der Waals surface area (Å²) in [6.45, 7) is 3.60. The number of likely N-dealkylation sites (N-methyl/N-ethyl adjacent to an activating group) is 1. The fourth-order valence-corrected chi connectivity index (χ4v) is 3.22. The van der Waals surface area contributed by atoms with Gasteiger partial charge in [-0.2, -0.15) is 0 Å². The number of nitrogens with zero attached hydrogens (tertiary/aromatic N) is 4. The van der Waals surface area contributed by atoms with Gasteiger partial charge in [0.25, 0.3) is 5.91 Å². The summed E-state index contributed by atoms with van der Waals surface area (Å²) >= 11 is 0. The van der Waals surface area contributed by atoms with Crippen LogP contribution in [0.1, 0.15) is 21.5 Å². The zero-order valence-corrected chi connectivity index (χ0v) is 17.2. The van der Waals surface area contributed by atoms with Crippen molar-refractivity contribution in [3.05, 3.63) is 89.5 Å². The van der Waals surface area contributed by atoms with Crippen molar-refractivity contribution in [3.8, 4) is 5.75 Å². The summed E-state index contributed by atoms with van der Waals surface area (Å²) in [6.07, 6.45) is 0. The number of carbonyl (C=O) groups is 1. The van der Waals surface area contributed by atoms with Crippen molar-refractivity contribution in [1.29, 1.82) is 0 Å². The Morgan fingerprint density at radius 2 is 1.73 bits per heavy atom. The monoisotopic (exact) mass is 400 g/mol. The molecule has 0 aliphatic carbocycles. The predicted molar refractivity (Wildman–Crippen MR) is 117 cm³/mol. The molecular weight excluding hydrogens is 376 g/mol. The first-order chi connectivity index (χ1) is 14.6. The van der Waals surface area contributed by atoms with E-state index in [1.807, 2.05) is 84.4 Å². The zero-order valence-electron chi connectivity index (χ0n) is 17.2. The average Bonchev–Trinajstić information content (AvgIpc) is 3.18. The van der Waals surface area contributed by atoms with Gasteiger partial charge in [0.2, 0.25) is 0 Å². The van der Waals surface area contributed by atoms with Gasteiger partial charge in [-0.15, -0.1) is 5.10 Å². The van der Waals surface area contributed by atoms with E-state index in [2.05, 4.69) is 10.3 Å². The highest BCUT2D eigenvalue weighted by molar-refractivity contribution is 5.94. The molecule has 0 radical (unpaired) electrons. The van der Waals surface area contributed by atoms with Gasteiger partial charge in [-0.3, -0.25) is 4.79 Å². The lowest BCUT2D eigenvalue weighted by atomic mass is 10.1. The van der Waals surface area contributed by atoms with E-state index in [0.29, 0.717) is 25.3 Å². The van der Waals surface area contributed by atoms with Gasteiger partial charge in [-0.1, -0.05) is 47.2 Å². The first-order valence-corrected chi connectivity index (χ1v) is 9.92. The van der Waals surface area contributed by atoms with Crippen LogP contribution in [0, 0.1) is 6.92 Å². The highest BCUT2D eigenvalue weighted by atomic mass is 16.5. The van der Waals surface area contributed by atoms with Crippen molar-refractivity contribution >= 4 is 16.9 Å². The molecule has 0 fully saturated rings. The van der Waals surface area contributed by atoms with Crippen LogP contribution in [0.4, 0.5) is 0 Å². The third-order valence-electron chi connectivity index (χ3n) is 5.02. The number of fused-ring (bicyclic) bond motifs is 1. The number of aromatic nitrogens is 3. The topological polar surface area (TPSA) is 60.2 Å². The highest BCUT2D eigenvalue weighted by Crippen LogP contribution is 2.14. The molecule has 4 rings (SSSR count). The van der Waals surface area contributed by atoms with E-state index in [4.69, 9.17) is 4.74 Å². The molecule has 0 bridgehead atoms. The van der Waals surface area contributed by atoms with Crippen LogP contribution in [0.3, 0.4) is 0 Å². The Kier molecular flexibility index (Phi) is 5.75. The first kappa shape index (κ1) is 19.6. The summed E-state index contributed by atoms with van der Waals surface area (Å²) in [5.41, 5.74) is 4.77. The van der Waals surface area contributed by atoms with Gasteiger partial charge in [0.15, 0.2) is 0 Å². The number of carbonyl (C=O) groups excluding carboxylic acids is 1. The summed E-state index contributed by atoms with van der Waals surface area (Å²) in [7, 11) is 1.79. The van der Waals surface area contributed by atoms with E-state index < -0.39 is 0 Å². The molecule has 1 amide bonds. The maximum absolute atomic E-state index is 12.7. The van der Waals surface area contributed by atoms with Gasteiger partial charge < -0.3 is 9.64 Å². The van der Waals surface area contributed by atoms with Gasteiger partial charge in [0.1, 0.15) is 17.9 Å². The third-order valence-corrected chi connectivity index (χ3v) is 5.02. The summed E-state index contributed by atoms with van der Waals surface area (Å²) in [5, 5.41) is 8.40. The van der Waals surface area contributed by atoms with E-state index in [9.17, 15) is 4.79 Å². The van der Waals surface area contributed by atoms with Crippen LogP contribution in [-0.2, 0) is 6.54 Å². The van der Waals surface area contributed by atoms with Crippen LogP contribution in [0.2, 0.25) is 0 Å². The van der Waals surface area contributed by atoms with Gasteiger partial charge in [0.05, 0.1) is 18.6 Å². The maximum Gasteiger partial charge on any atom is 0.253 e. The second-order valence-electron chi connectivity index (χ2n) is 7.32. The molecule has 0 aliphatic rings. The highest BCUT2D eigenvalue weighted by Gasteiger charge is 2.12. The van der Waals surface area contributed by atoms with Crippen LogP contribution in [0.15, 0.2) is 72.8 Å². The second-order valence-corrected chi connectivity index (χ2v) is 7.32. The molecule has 1 heterocycles. The number of rotatable bonds is 7. The Labute approximate surface area is 175 Å². The summed E-state index contributed by atoms with van der Waals surface area (Å²) in [5.74, 6) is 0.784.